The van der Waals surface area contributed by atoms with Gasteiger partial charge >= 0.3 is 0 Å². The normalized spacial score (nSPS) is 26.0. The lowest BCUT2D eigenvalue weighted by Crippen LogP contribution is -2.51. The zero-order valence-electron chi connectivity index (χ0n) is 16.9. The number of piperidine rings is 2. The molecule has 1 aromatic carbocycles. The maximum absolute atomic E-state index is 12.3. The van der Waals surface area contributed by atoms with Crippen LogP contribution in [0.2, 0.25) is 0 Å². The molecule has 4 heterocycles. The summed E-state index contributed by atoms with van der Waals surface area (Å²) in [4.78, 5) is 28.4. The van der Waals surface area contributed by atoms with Gasteiger partial charge in [-0.3, -0.25) is 24.7 Å². The van der Waals surface area contributed by atoms with Crippen LogP contribution >= 0.6 is 12.6 Å². The molecule has 0 saturated carbocycles. The van der Waals surface area contributed by atoms with Crippen LogP contribution in [0.25, 0.3) is 0 Å². The predicted molar refractivity (Wildman–Crippen MR) is 116 cm³/mol. The van der Waals surface area contributed by atoms with Crippen molar-refractivity contribution in [2.45, 2.75) is 56.1 Å². The molecule has 7 heteroatoms. The second kappa shape index (κ2) is 8.21. The van der Waals surface area contributed by atoms with E-state index < -0.39 is 0 Å². The monoisotopic (exact) mass is 425 g/mol. The Bertz CT molecular complexity index is 937. The number of furan rings is 1. The number of rotatable bonds is 4. The fourth-order valence-electron chi connectivity index (χ4n) is 5.04. The highest BCUT2D eigenvalue weighted by Crippen LogP contribution is 2.39. The molecule has 1 aromatic heterocycles. The van der Waals surface area contributed by atoms with Crippen molar-refractivity contribution in [2.75, 3.05) is 13.1 Å². The van der Waals surface area contributed by atoms with Crippen molar-refractivity contribution in [1.29, 1.82) is 0 Å². The molecule has 30 heavy (non-hydrogen) atoms. The van der Waals surface area contributed by atoms with Crippen LogP contribution in [0.1, 0.15) is 59.4 Å². The first-order chi connectivity index (χ1) is 14.6. The summed E-state index contributed by atoms with van der Waals surface area (Å²) >= 11 is 4.79. The molecule has 2 saturated heterocycles. The fourth-order valence-corrected chi connectivity index (χ4v) is 5.54. The Morgan fingerprint density at radius 2 is 1.97 bits per heavy atom. The van der Waals surface area contributed by atoms with Crippen molar-refractivity contribution in [3.05, 3.63) is 59.0 Å². The highest BCUT2D eigenvalue weighted by Gasteiger charge is 2.39. The Hall–Kier alpha value is -2.09. The molecule has 6 nitrogen and oxygen atoms in total. The smallest absolute Gasteiger partial charge is 0.243 e. The van der Waals surface area contributed by atoms with E-state index in [1.165, 1.54) is 16.7 Å². The van der Waals surface area contributed by atoms with Crippen molar-refractivity contribution in [3.63, 3.8) is 0 Å². The maximum Gasteiger partial charge on any atom is 0.243 e. The van der Waals surface area contributed by atoms with Crippen molar-refractivity contribution in [2.24, 2.45) is 0 Å². The number of benzene rings is 1. The molecular weight excluding hydrogens is 398 g/mol. The van der Waals surface area contributed by atoms with E-state index in [4.69, 9.17) is 17.0 Å². The minimum Gasteiger partial charge on any atom is -0.469 e. The van der Waals surface area contributed by atoms with Gasteiger partial charge in [-0.2, -0.15) is 12.6 Å². The van der Waals surface area contributed by atoms with Crippen LogP contribution in [0, 0.1) is 0 Å². The Labute approximate surface area is 182 Å². The van der Waals surface area contributed by atoms with Crippen molar-refractivity contribution in [1.82, 2.24) is 15.1 Å². The number of hydrogen-bond donors (Lipinski definition) is 2. The minimum absolute atomic E-state index is 0.109. The molecule has 0 radical (unpaired) electrons. The van der Waals surface area contributed by atoms with Gasteiger partial charge in [-0.1, -0.05) is 18.2 Å². The lowest BCUT2D eigenvalue weighted by atomic mass is 9.94. The Balaban J connectivity index is 1.22. The molecule has 3 aliphatic rings. The second-order valence-corrected chi connectivity index (χ2v) is 9.10. The Morgan fingerprint density at radius 3 is 2.70 bits per heavy atom. The van der Waals surface area contributed by atoms with E-state index in [0.29, 0.717) is 25.3 Å². The number of carbonyl (C=O) groups excluding carboxylic acids is 2. The van der Waals surface area contributed by atoms with Crippen molar-refractivity contribution in [3.8, 4) is 0 Å². The van der Waals surface area contributed by atoms with Gasteiger partial charge < -0.3 is 4.42 Å². The van der Waals surface area contributed by atoms with Crippen LogP contribution in [0.4, 0.5) is 0 Å². The standard InChI is InChI=1S/C23H27N3O3S/c27-21-6-5-19(22(28)24-21)26-14-17-12-15(3-4-18(17)23(26)30)13-25-9-7-16(8-10-25)20-2-1-11-29-20/h1-4,11-12,16,19,23,30H,5-10,13-14H2,(H,24,27,28). The Kier molecular flexibility index (Phi) is 5.43. The van der Waals surface area contributed by atoms with Gasteiger partial charge in [0.2, 0.25) is 11.8 Å². The van der Waals surface area contributed by atoms with Gasteiger partial charge in [-0.05, 0) is 61.2 Å². The number of nitrogens with zero attached hydrogens (tertiary/aromatic N) is 2. The number of imide groups is 1. The maximum atomic E-state index is 12.3. The highest BCUT2D eigenvalue weighted by atomic mass is 32.1. The van der Waals surface area contributed by atoms with E-state index in [2.05, 4.69) is 39.4 Å². The molecule has 2 fully saturated rings. The SMILES string of the molecule is O=C1CCC(N2Cc3cc(CN4CCC(c5ccco5)CC4)ccc3C2S)C(=O)N1. The molecule has 0 bridgehead atoms. The summed E-state index contributed by atoms with van der Waals surface area (Å²) in [5.41, 5.74) is 3.71. The summed E-state index contributed by atoms with van der Waals surface area (Å²) in [6, 6.07) is 10.4. The summed E-state index contributed by atoms with van der Waals surface area (Å²) in [6.07, 6.45) is 4.97. The van der Waals surface area contributed by atoms with E-state index in [1.54, 1.807) is 6.26 Å². The van der Waals surface area contributed by atoms with E-state index in [0.717, 1.165) is 38.2 Å². The number of thiol groups is 1. The first-order valence-electron chi connectivity index (χ1n) is 10.7. The van der Waals surface area contributed by atoms with Crippen LogP contribution in [0.5, 0.6) is 0 Å². The molecule has 3 aliphatic heterocycles. The average molecular weight is 426 g/mol. The lowest BCUT2D eigenvalue weighted by molar-refractivity contribution is -0.137. The van der Waals surface area contributed by atoms with E-state index in [-0.39, 0.29) is 23.2 Å². The van der Waals surface area contributed by atoms with Gasteiger partial charge in [-0.15, -0.1) is 0 Å². The number of nitrogens with one attached hydrogen (secondary N) is 1. The lowest BCUT2D eigenvalue weighted by Gasteiger charge is -2.32. The Morgan fingerprint density at radius 1 is 1.13 bits per heavy atom. The zero-order valence-corrected chi connectivity index (χ0v) is 17.8. The van der Waals surface area contributed by atoms with E-state index in [9.17, 15) is 9.59 Å². The van der Waals surface area contributed by atoms with E-state index in [1.807, 2.05) is 6.07 Å². The highest BCUT2D eigenvalue weighted by molar-refractivity contribution is 7.80. The first-order valence-corrected chi connectivity index (χ1v) is 11.2. The second-order valence-electron chi connectivity index (χ2n) is 8.61. The number of hydrogen-bond acceptors (Lipinski definition) is 6. The van der Waals surface area contributed by atoms with Crippen LogP contribution in [-0.4, -0.2) is 40.7 Å². The van der Waals surface area contributed by atoms with Crippen molar-refractivity contribution < 1.29 is 14.0 Å². The topological polar surface area (TPSA) is 65.8 Å². The molecule has 5 rings (SSSR count). The molecule has 2 atom stereocenters. The van der Waals surface area contributed by atoms with E-state index >= 15 is 0 Å². The molecular formula is C23H27N3O3S. The van der Waals surface area contributed by atoms with Crippen LogP contribution in [0.3, 0.4) is 0 Å². The summed E-state index contributed by atoms with van der Waals surface area (Å²) in [7, 11) is 0. The molecule has 2 unspecified atom stereocenters. The van der Waals surface area contributed by atoms with Crippen LogP contribution in [0.15, 0.2) is 41.0 Å². The third-order valence-corrected chi connectivity index (χ3v) is 7.28. The number of likely N-dealkylation sites (tertiary alicyclic amines) is 1. The summed E-state index contributed by atoms with van der Waals surface area (Å²) in [6.45, 7) is 3.78. The molecule has 2 aromatic rings. The van der Waals surface area contributed by atoms with Gasteiger partial charge in [-0.25, -0.2) is 0 Å². The predicted octanol–water partition coefficient (Wildman–Crippen LogP) is 3.21. The number of carbonyl (C=O) groups is 2. The summed E-state index contributed by atoms with van der Waals surface area (Å²) in [5, 5.41) is 2.36. The zero-order chi connectivity index (χ0) is 20.7. The molecule has 0 aliphatic carbocycles. The number of fused-ring (bicyclic) bond motifs is 1. The van der Waals surface area contributed by atoms with Crippen molar-refractivity contribution >= 4 is 24.4 Å². The quantitative estimate of drug-likeness (QED) is 0.582. The number of amides is 2. The summed E-state index contributed by atoms with van der Waals surface area (Å²) < 4.78 is 5.58. The first kappa shape index (κ1) is 19.8. The van der Waals surface area contributed by atoms with Gasteiger partial charge in [0.15, 0.2) is 0 Å². The van der Waals surface area contributed by atoms with Gasteiger partial charge in [0, 0.05) is 25.4 Å². The fraction of sp³-hybridized carbons (Fsp3) is 0.478. The minimum atomic E-state index is -0.290. The molecule has 2 amide bonds. The van der Waals surface area contributed by atoms with Gasteiger partial charge in [0.25, 0.3) is 0 Å². The van der Waals surface area contributed by atoms with Crippen LogP contribution < -0.4 is 5.32 Å². The van der Waals surface area contributed by atoms with Crippen LogP contribution in [-0.2, 0) is 22.7 Å². The van der Waals surface area contributed by atoms with Gasteiger partial charge in [0.1, 0.15) is 5.76 Å². The third-order valence-electron chi connectivity index (χ3n) is 6.70. The molecule has 1 N–H and O–H groups in total. The molecule has 0 spiro atoms. The molecule has 158 valence electrons. The summed E-state index contributed by atoms with van der Waals surface area (Å²) in [5.74, 6) is 1.27. The third kappa shape index (κ3) is 3.82. The largest absolute Gasteiger partial charge is 0.469 e. The van der Waals surface area contributed by atoms with Gasteiger partial charge in [0.05, 0.1) is 17.7 Å². The average Bonchev–Trinajstić information content (AvgIpc) is 3.37.